The summed E-state index contributed by atoms with van der Waals surface area (Å²) in [6, 6.07) is 64.7. The minimum atomic E-state index is -0.186. The summed E-state index contributed by atoms with van der Waals surface area (Å²) in [6.07, 6.45) is 0. The second-order valence-electron chi connectivity index (χ2n) is 20.2. The van der Waals surface area contributed by atoms with E-state index in [4.69, 9.17) is 0 Å². The second kappa shape index (κ2) is 12.5. The van der Waals surface area contributed by atoms with Crippen molar-refractivity contribution < 1.29 is 0 Å². The molecule has 0 spiro atoms. The maximum atomic E-state index is 2.53. The van der Waals surface area contributed by atoms with Gasteiger partial charge in [0.2, 0.25) is 0 Å². The molecular weight excluding hydrogens is 749 g/mol. The summed E-state index contributed by atoms with van der Waals surface area (Å²) in [7, 11) is 0. The lowest BCUT2D eigenvalue weighted by atomic mass is 9.72. The SMILES string of the molecule is CC1(C)c2ccccc2-c2ccc(N3c4ccccc4C(C)(C)c4ccc(-c5ccc6c(c5)N(c5ccc7c(c5)C(C)(C)c5ccccc5-7)c5ccccc5C6(C)C)cc43)cc21. The highest BCUT2D eigenvalue weighted by atomic mass is 15.2. The molecule has 0 bridgehead atoms. The minimum absolute atomic E-state index is 0.0961. The molecule has 2 heteroatoms. The van der Waals surface area contributed by atoms with E-state index in [2.05, 4.69) is 235 Å². The van der Waals surface area contributed by atoms with Crippen LogP contribution in [0.1, 0.15) is 99.9 Å². The zero-order chi connectivity index (χ0) is 42.5. The normalized spacial score (nSPS) is 17.2. The Balaban J connectivity index is 1.03. The number of hydrogen-bond acceptors (Lipinski definition) is 2. The molecule has 62 heavy (non-hydrogen) atoms. The van der Waals surface area contributed by atoms with Gasteiger partial charge in [0, 0.05) is 33.0 Å². The Morgan fingerprint density at radius 3 is 1.00 bits per heavy atom. The first kappa shape index (κ1) is 37.1. The molecule has 2 heterocycles. The van der Waals surface area contributed by atoms with Gasteiger partial charge in [-0.15, -0.1) is 0 Å². The molecule has 8 aromatic carbocycles. The van der Waals surface area contributed by atoms with E-state index in [1.165, 1.54) is 112 Å². The standard InChI is InChI=1S/C60H52N2/c1-57(2)45-19-11-9-17-41(45)43-29-27-39(35-51(43)57)61-53-23-15-13-21-47(53)59(5,6)49-31-25-37(33-55(49)61)38-26-32-50-56(34-38)62(54-24-16-14-22-48(54)60(50,7)8)40-28-30-44-42-18-10-12-20-46(42)58(3,4)52(44)36-40/h9-36H,1-8H3. The summed E-state index contributed by atoms with van der Waals surface area (Å²) in [5.41, 5.74) is 25.5. The number of anilines is 6. The van der Waals surface area contributed by atoms with E-state index < -0.39 is 0 Å². The van der Waals surface area contributed by atoms with Gasteiger partial charge in [-0.1, -0.05) is 177 Å². The molecule has 0 fully saturated rings. The Bertz CT molecular complexity index is 2990. The number of para-hydroxylation sites is 2. The highest BCUT2D eigenvalue weighted by Gasteiger charge is 2.42. The van der Waals surface area contributed by atoms with Crippen molar-refractivity contribution in [1.82, 2.24) is 0 Å². The van der Waals surface area contributed by atoms with Crippen LogP contribution in [0.4, 0.5) is 34.1 Å². The molecule has 2 aliphatic heterocycles. The van der Waals surface area contributed by atoms with Crippen LogP contribution in [-0.4, -0.2) is 0 Å². The van der Waals surface area contributed by atoms with Gasteiger partial charge >= 0.3 is 0 Å². The average Bonchev–Trinajstić information content (AvgIpc) is 3.65. The molecule has 4 aliphatic rings. The molecule has 12 rings (SSSR count). The molecule has 0 aromatic heterocycles. The van der Waals surface area contributed by atoms with Gasteiger partial charge in [0.05, 0.1) is 22.7 Å². The van der Waals surface area contributed by atoms with Crippen molar-refractivity contribution in [3.05, 3.63) is 214 Å². The van der Waals surface area contributed by atoms with Gasteiger partial charge in [-0.25, -0.2) is 0 Å². The number of rotatable bonds is 3. The summed E-state index contributed by atoms with van der Waals surface area (Å²) >= 11 is 0. The molecule has 0 radical (unpaired) electrons. The number of fused-ring (bicyclic) bond motifs is 10. The summed E-state index contributed by atoms with van der Waals surface area (Å²) in [5.74, 6) is 0. The first-order chi connectivity index (χ1) is 29.8. The first-order valence-corrected chi connectivity index (χ1v) is 22.4. The molecule has 0 saturated carbocycles. The molecule has 2 aliphatic carbocycles. The number of hydrogen-bond donors (Lipinski definition) is 0. The van der Waals surface area contributed by atoms with Crippen molar-refractivity contribution >= 4 is 34.1 Å². The van der Waals surface area contributed by atoms with Crippen LogP contribution in [0.15, 0.2) is 170 Å². The fourth-order valence-electron chi connectivity index (χ4n) is 12.0. The van der Waals surface area contributed by atoms with Gasteiger partial charge in [-0.2, -0.15) is 0 Å². The topological polar surface area (TPSA) is 6.48 Å². The van der Waals surface area contributed by atoms with E-state index in [-0.39, 0.29) is 21.7 Å². The Labute approximate surface area is 367 Å². The van der Waals surface area contributed by atoms with Crippen molar-refractivity contribution in [2.24, 2.45) is 0 Å². The van der Waals surface area contributed by atoms with Crippen molar-refractivity contribution in [3.63, 3.8) is 0 Å². The van der Waals surface area contributed by atoms with E-state index in [1.807, 2.05) is 0 Å². The average molecular weight is 801 g/mol. The maximum Gasteiger partial charge on any atom is 0.0508 e. The molecule has 0 unspecified atom stereocenters. The van der Waals surface area contributed by atoms with Crippen molar-refractivity contribution in [1.29, 1.82) is 0 Å². The third-order valence-electron chi connectivity index (χ3n) is 15.4. The fourth-order valence-corrected chi connectivity index (χ4v) is 12.0. The van der Waals surface area contributed by atoms with Crippen LogP contribution in [0, 0.1) is 0 Å². The molecule has 0 atom stereocenters. The largest absolute Gasteiger partial charge is 0.310 e. The number of nitrogens with zero attached hydrogens (tertiary/aromatic N) is 2. The Morgan fingerprint density at radius 2 is 0.581 bits per heavy atom. The molecule has 0 saturated heterocycles. The summed E-state index contributed by atoms with van der Waals surface area (Å²) in [6.45, 7) is 19.1. The van der Waals surface area contributed by atoms with Gasteiger partial charge in [0.1, 0.15) is 0 Å². The lowest BCUT2D eigenvalue weighted by Gasteiger charge is -2.43. The van der Waals surface area contributed by atoms with Gasteiger partial charge in [-0.05, 0) is 126 Å². The van der Waals surface area contributed by atoms with E-state index in [0.29, 0.717) is 0 Å². The maximum absolute atomic E-state index is 2.53. The third kappa shape index (κ3) is 4.87. The molecule has 0 N–H and O–H groups in total. The Morgan fingerprint density at radius 1 is 0.258 bits per heavy atom. The van der Waals surface area contributed by atoms with Crippen molar-refractivity contribution in [3.8, 4) is 33.4 Å². The van der Waals surface area contributed by atoms with Crippen LogP contribution in [-0.2, 0) is 21.7 Å². The van der Waals surface area contributed by atoms with Crippen LogP contribution in [0.25, 0.3) is 33.4 Å². The predicted octanol–water partition coefficient (Wildman–Crippen LogP) is 16.2. The minimum Gasteiger partial charge on any atom is -0.310 e. The lowest BCUT2D eigenvalue weighted by molar-refractivity contribution is 0.631. The molecular formula is C60H52N2. The van der Waals surface area contributed by atoms with E-state index >= 15 is 0 Å². The van der Waals surface area contributed by atoms with Crippen LogP contribution in [0.2, 0.25) is 0 Å². The zero-order valence-corrected chi connectivity index (χ0v) is 37.1. The third-order valence-corrected chi connectivity index (χ3v) is 15.4. The van der Waals surface area contributed by atoms with Crippen LogP contribution in [0.5, 0.6) is 0 Å². The van der Waals surface area contributed by atoms with Gasteiger partial charge in [-0.3, -0.25) is 0 Å². The van der Waals surface area contributed by atoms with Crippen LogP contribution >= 0.6 is 0 Å². The van der Waals surface area contributed by atoms with Crippen LogP contribution < -0.4 is 9.80 Å². The zero-order valence-electron chi connectivity index (χ0n) is 37.1. The summed E-state index contributed by atoms with van der Waals surface area (Å²) in [5, 5.41) is 0. The van der Waals surface area contributed by atoms with Gasteiger partial charge < -0.3 is 9.80 Å². The highest BCUT2D eigenvalue weighted by Crippen LogP contribution is 2.58. The van der Waals surface area contributed by atoms with Crippen molar-refractivity contribution in [2.45, 2.75) is 77.0 Å². The first-order valence-electron chi connectivity index (χ1n) is 22.4. The molecule has 8 aromatic rings. The molecule has 0 amide bonds. The second-order valence-corrected chi connectivity index (χ2v) is 20.2. The van der Waals surface area contributed by atoms with E-state index in [1.54, 1.807) is 0 Å². The Kier molecular flexibility index (Phi) is 7.48. The van der Waals surface area contributed by atoms with Gasteiger partial charge in [0.25, 0.3) is 0 Å². The smallest absolute Gasteiger partial charge is 0.0508 e. The summed E-state index contributed by atoms with van der Waals surface area (Å²) in [4.78, 5) is 5.07. The molecule has 2 nitrogen and oxygen atoms in total. The summed E-state index contributed by atoms with van der Waals surface area (Å²) < 4.78 is 0. The molecule has 302 valence electrons. The lowest BCUT2D eigenvalue weighted by Crippen LogP contribution is -2.31. The highest BCUT2D eigenvalue weighted by molar-refractivity contribution is 5.94. The van der Waals surface area contributed by atoms with E-state index in [0.717, 1.165) is 0 Å². The number of benzene rings is 8. The fraction of sp³-hybridized carbons (Fsp3) is 0.200. The van der Waals surface area contributed by atoms with E-state index in [9.17, 15) is 0 Å². The van der Waals surface area contributed by atoms with Gasteiger partial charge in [0.15, 0.2) is 0 Å². The quantitative estimate of drug-likeness (QED) is 0.176. The van der Waals surface area contributed by atoms with Crippen molar-refractivity contribution in [2.75, 3.05) is 9.80 Å². The predicted molar refractivity (Wildman–Crippen MR) is 261 cm³/mol. The van der Waals surface area contributed by atoms with Crippen LogP contribution in [0.3, 0.4) is 0 Å². The monoisotopic (exact) mass is 800 g/mol. The Hall–Kier alpha value is -6.64.